The normalized spacial score (nSPS) is 17.2. The summed E-state index contributed by atoms with van der Waals surface area (Å²) in [6.07, 6.45) is 5.74. The Kier molecular flexibility index (Phi) is 6.31. The number of nitrogens with zero attached hydrogens (tertiary/aromatic N) is 7. The maximum absolute atomic E-state index is 5.97. The first kappa shape index (κ1) is 21.0. The van der Waals surface area contributed by atoms with Gasteiger partial charge in [-0.2, -0.15) is 10.2 Å². The van der Waals surface area contributed by atoms with Crippen molar-refractivity contribution in [1.82, 2.24) is 34.8 Å². The molecule has 1 atom stereocenters. The fraction of sp³-hybridized carbons (Fsp3) is 0.455. The number of aliphatic imine (C=N–C) groups is 1. The van der Waals surface area contributed by atoms with Gasteiger partial charge in [0.25, 0.3) is 0 Å². The number of guanidine groups is 1. The molecule has 3 aromatic rings. The molecule has 4 rings (SSSR count). The number of nitrogens with one attached hydrogen (secondary N) is 1. The van der Waals surface area contributed by atoms with Crippen LogP contribution >= 0.6 is 0 Å². The van der Waals surface area contributed by atoms with Crippen molar-refractivity contribution >= 4 is 5.96 Å². The highest BCUT2D eigenvalue weighted by Crippen LogP contribution is 2.21. The molecular weight excluding hydrogens is 392 g/mol. The van der Waals surface area contributed by atoms with E-state index in [2.05, 4.69) is 38.4 Å². The Hall–Kier alpha value is -3.20. The van der Waals surface area contributed by atoms with E-state index in [0.717, 1.165) is 53.9 Å². The van der Waals surface area contributed by atoms with E-state index in [-0.39, 0.29) is 6.10 Å². The summed E-state index contributed by atoms with van der Waals surface area (Å²) in [6, 6.07) is 6.09. The number of pyridine rings is 1. The van der Waals surface area contributed by atoms with E-state index in [1.54, 1.807) is 4.68 Å². The van der Waals surface area contributed by atoms with Crippen LogP contribution in [-0.4, -0.2) is 61.6 Å². The third-order valence-electron chi connectivity index (χ3n) is 5.24. The van der Waals surface area contributed by atoms with E-state index in [4.69, 9.17) is 9.73 Å². The Labute approximate surface area is 182 Å². The van der Waals surface area contributed by atoms with Crippen molar-refractivity contribution in [2.45, 2.75) is 33.4 Å². The van der Waals surface area contributed by atoms with Crippen LogP contribution in [-0.2, 0) is 18.3 Å². The van der Waals surface area contributed by atoms with Gasteiger partial charge in [-0.05, 0) is 38.5 Å². The first-order valence-corrected chi connectivity index (χ1v) is 10.7. The molecule has 1 aliphatic heterocycles. The van der Waals surface area contributed by atoms with Crippen LogP contribution in [0.25, 0.3) is 5.82 Å². The lowest BCUT2D eigenvalue weighted by Crippen LogP contribution is -2.48. The Balaban J connectivity index is 1.45. The first-order chi connectivity index (χ1) is 15.0. The largest absolute Gasteiger partial charge is 0.370 e. The maximum Gasteiger partial charge on any atom is 0.194 e. The molecule has 1 N–H and O–H groups in total. The molecule has 9 heteroatoms. The minimum atomic E-state index is -0.00646. The van der Waals surface area contributed by atoms with Crippen LogP contribution in [0.5, 0.6) is 0 Å². The molecule has 1 unspecified atom stereocenters. The second-order valence-corrected chi connectivity index (χ2v) is 7.79. The number of morpholine rings is 1. The smallest absolute Gasteiger partial charge is 0.194 e. The zero-order valence-electron chi connectivity index (χ0n) is 18.6. The number of aryl methyl sites for hydroxylation is 3. The van der Waals surface area contributed by atoms with Gasteiger partial charge < -0.3 is 15.0 Å². The van der Waals surface area contributed by atoms with Gasteiger partial charge in [0.15, 0.2) is 11.8 Å². The summed E-state index contributed by atoms with van der Waals surface area (Å²) in [4.78, 5) is 11.7. The number of hydrogen-bond acceptors (Lipinski definition) is 5. The summed E-state index contributed by atoms with van der Waals surface area (Å²) in [5, 5.41) is 12.2. The van der Waals surface area contributed by atoms with E-state index in [9.17, 15) is 0 Å². The second kappa shape index (κ2) is 9.30. The van der Waals surface area contributed by atoms with Gasteiger partial charge in [-0.1, -0.05) is 6.07 Å². The average molecular weight is 423 g/mol. The molecule has 3 aromatic heterocycles. The lowest BCUT2D eigenvalue weighted by atomic mass is 10.1. The van der Waals surface area contributed by atoms with Crippen LogP contribution in [0, 0.1) is 13.8 Å². The first-order valence-electron chi connectivity index (χ1n) is 10.7. The van der Waals surface area contributed by atoms with Crippen molar-refractivity contribution in [2.75, 3.05) is 26.2 Å². The molecule has 0 saturated carbocycles. The predicted molar refractivity (Wildman–Crippen MR) is 119 cm³/mol. The topological polar surface area (TPSA) is 85.4 Å². The summed E-state index contributed by atoms with van der Waals surface area (Å²) in [5.74, 6) is 1.71. The zero-order chi connectivity index (χ0) is 21.8. The highest BCUT2D eigenvalue weighted by Gasteiger charge is 2.25. The Morgan fingerprint density at radius 1 is 1.29 bits per heavy atom. The van der Waals surface area contributed by atoms with Crippen LogP contribution in [0.3, 0.4) is 0 Å². The number of aromatic nitrogens is 5. The van der Waals surface area contributed by atoms with E-state index in [0.29, 0.717) is 13.2 Å². The van der Waals surface area contributed by atoms with Crippen LogP contribution in [0.15, 0.2) is 41.8 Å². The van der Waals surface area contributed by atoms with Gasteiger partial charge in [-0.25, -0.2) is 14.7 Å². The van der Waals surface area contributed by atoms with Crippen LogP contribution in [0.2, 0.25) is 0 Å². The van der Waals surface area contributed by atoms with Crippen molar-refractivity contribution in [3.05, 3.63) is 59.3 Å². The van der Waals surface area contributed by atoms with Gasteiger partial charge in [0.2, 0.25) is 0 Å². The molecule has 1 saturated heterocycles. The predicted octanol–water partition coefficient (Wildman–Crippen LogP) is 2.16. The molecule has 4 heterocycles. The molecule has 1 aliphatic rings. The Morgan fingerprint density at radius 3 is 2.81 bits per heavy atom. The molecule has 164 valence electrons. The Morgan fingerprint density at radius 2 is 2.16 bits per heavy atom. The van der Waals surface area contributed by atoms with Crippen molar-refractivity contribution in [3.8, 4) is 5.82 Å². The van der Waals surface area contributed by atoms with Crippen LogP contribution in [0.1, 0.15) is 35.5 Å². The lowest BCUT2D eigenvalue weighted by molar-refractivity contribution is -0.00805. The second-order valence-electron chi connectivity index (χ2n) is 7.79. The number of hydrogen-bond donors (Lipinski definition) is 1. The van der Waals surface area contributed by atoms with E-state index in [1.165, 1.54) is 0 Å². The third-order valence-corrected chi connectivity index (χ3v) is 5.24. The van der Waals surface area contributed by atoms with Gasteiger partial charge in [-0.3, -0.25) is 4.68 Å². The Bertz CT molecular complexity index is 1040. The summed E-state index contributed by atoms with van der Waals surface area (Å²) in [6.45, 7) is 9.67. The minimum Gasteiger partial charge on any atom is -0.370 e. The fourth-order valence-electron chi connectivity index (χ4n) is 3.74. The van der Waals surface area contributed by atoms with Gasteiger partial charge in [0.1, 0.15) is 6.10 Å². The molecule has 0 aromatic carbocycles. The molecule has 0 radical (unpaired) electrons. The molecule has 1 fully saturated rings. The fourth-order valence-corrected chi connectivity index (χ4v) is 3.74. The molecule has 0 spiro atoms. The molecule has 0 amide bonds. The minimum absolute atomic E-state index is 0.00646. The SMILES string of the molecule is CCNC(=NCc1ccc(-n2nc(C)cc2C)nc1)N1CCOC(c2cnn(C)c2)C1. The van der Waals surface area contributed by atoms with Gasteiger partial charge >= 0.3 is 0 Å². The summed E-state index contributed by atoms with van der Waals surface area (Å²) < 4.78 is 9.63. The molecule has 31 heavy (non-hydrogen) atoms. The molecule has 9 nitrogen and oxygen atoms in total. The monoisotopic (exact) mass is 422 g/mol. The third kappa shape index (κ3) is 4.93. The summed E-state index contributed by atoms with van der Waals surface area (Å²) in [7, 11) is 1.92. The highest BCUT2D eigenvalue weighted by molar-refractivity contribution is 5.80. The lowest BCUT2D eigenvalue weighted by Gasteiger charge is -2.34. The average Bonchev–Trinajstić information content (AvgIpc) is 3.36. The van der Waals surface area contributed by atoms with Gasteiger partial charge in [0, 0.05) is 43.8 Å². The van der Waals surface area contributed by atoms with E-state index >= 15 is 0 Å². The van der Waals surface area contributed by atoms with Crippen molar-refractivity contribution in [1.29, 1.82) is 0 Å². The van der Waals surface area contributed by atoms with Gasteiger partial charge in [0.05, 0.1) is 31.6 Å². The molecule has 0 bridgehead atoms. The van der Waals surface area contributed by atoms with E-state index in [1.807, 2.05) is 56.3 Å². The quantitative estimate of drug-likeness (QED) is 0.501. The standard InChI is InChI=1S/C22H30N8O/c1-5-23-22(29-8-9-31-20(15-29)19-13-26-28(4)14-19)25-12-18-6-7-21(24-11-18)30-17(3)10-16(2)27-30/h6-7,10-11,13-14,20H,5,8-9,12,15H2,1-4H3,(H,23,25). The number of rotatable bonds is 5. The van der Waals surface area contributed by atoms with Crippen LogP contribution in [0.4, 0.5) is 0 Å². The van der Waals surface area contributed by atoms with Crippen molar-refractivity contribution in [3.63, 3.8) is 0 Å². The van der Waals surface area contributed by atoms with Gasteiger partial charge in [-0.15, -0.1) is 0 Å². The maximum atomic E-state index is 5.97. The van der Waals surface area contributed by atoms with E-state index < -0.39 is 0 Å². The molecular formula is C22H30N8O. The van der Waals surface area contributed by atoms with Crippen molar-refractivity contribution in [2.24, 2.45) is 12.0 Å². The van der Waals surface area contributed by atoms with Crippen LogP contribution < -0.4 is 5.32 Å². The zero-order valence-corrected chi connectivity index (χ0v) is 18.6. The van der Waals surface area contributed by atoms with Crippen molar-refractivity contribution < 1.29 is 4.74 Å². The summed E-state index contributed by atoms with van der Waals surface area (Å²) in [5.41, 5.74) is 4.20. The highest BCUT2D eigenvalue weighted by atomic mass is 16.5. The molecule has 0 aliphatic carbocycles. The number of ether oxygens (including phenoxy) is 1. The summed E-state index contributed by atoms with van der Waals surface area (Å²) >= 11 is 0.